The SMILES string of the molecule is CCOc1ccc(NC(=O)Nc2nc3ccc(OC)cc3s2)cc1. The van der Waals surface area contributed by atoms with Gasteiger partial charge in [0.15, 0.2) is 5.13 Å². The molecule has 7 heteroatoms. The molecule has 0 radical (unpaired) electrons. The first-order valence-corrected chi connectivity index (χ1v) is 8.25. The average molecular weight is 343 g/mol. The molecule has 6 nitrogen and oxygen atoms in total. The van der Waals surface area contributed by atoms with Gasteiger partial charge in [0.05, 0.1) is 23.9 Å². The minimum absolute atomic E-state index is 0.342. The van der Waals surface area contributed by atoms with Crippen molar-refractivity contribution < 1.29 is 14.3 Å². The van der Waals surface area contributed by atoms with E-state index in [4.69, 9.17) is 9.47 Å². The van der Waals surface area contributed by atoms with Crippen LogP contribution in [-0.4, -0.2) is 24.7 Å². The van der Waals surface area contributed by atoms with Crippen molar-refractivity contribution in [2.45, 2.75) is 6.92 Å². The molecular weight excluding hydrogens is 326 g/mol. The fourth-order valence-corrected chi connectivity index (χ4v) is 3.04. The second kappa shape index (κ2) is 7.18. The summed E-state index contributed by atoms with van der Waals surface area (Å²) in [5, 5.41) is 6.03. The number of thiazole rings is 1. The number of fused-ring (bicyclic) bond motifs is 1. The highest BCUT2D eigenvalue weighted by Crippen LogP contribution is 2.29. The quantitative estimate of drug-likeness (QED) is 0.722. The highest BCUT2D eigenvalue weighted by Gasteiger charge is 2.09. The number of aromatic nitrogens is 1. The number of methoxy groups -OCH3 is 1. The van der Waals surface area contributed by atoms with E-state index in [1.807, 2.05) is 37.3 Å². The molecule has 0 atom stereocenters. The molecule has 0 saturated heterocycles. The molecule has 0 saturated carbocycles. The molecule has 2 N–H and O–H groups in total. The maximum Gasteiger partial charge on any atom is 0.325 e. The number of benzene rings is 2. The Bertz CT molecular complexity index is 846. The van der Waals surface area contributed by atoms with Crippen LogP contribution in [-0.2, 0) is 0 Å². The third kappa shape index (κ3) is 3.75. The predicted molar refractivity (Wildman–Crippen MR) is 96.4 cm³/mol. The number of hydrogen-bond donors (Lipinski definition) is 2. The standard InChI is InChI=1S/C17H17N3O3S/c1-3-23-12-6-4-11(5-7-12)18-16(21)20-17-19-14-9-8-13(22-2)10-15(14)24-17/h4-10H,3H2,1-2H3,(H2,18,19,20,21). The predicted octanol–water partition coefficient (Wildman–Crippen LogP) is 4.35. The van der Waals surface area contributed by atoms with Crippen molar-refractivity contribution in [3.05, 3.63) is 42.5 Å². The molecule has 0 bridgehead atoms. The van der Waals surface area contributed by atoms with Gasteiger partial charge in [0.2, 0.25) is 0 Å². The second-order valence-corrected chi connectivity index (χ2v) is 5.92. The zero-order valence-electron chi connectivity index (χ0n) is 13.3. The lowest BCUT2D eigenvalue weighted by atomic mass is 10.3. The van der Waals surface area contributed by atoms with Crippen LogP contribution in [0.15, 0.2) is 42.5 Å². The van der Waals surface area contributed by atoms with Crippen molar-refractivity contribution in [3.63, 3.8) is 0 Å². The van der Waals surface area contributed by atoms with Gasteiger partial charge in [-0.2, -0.15) is 0 Å². The van der Waals surface area contributed by atoms with Gasteiger partial charge in [-0.05, 0) is 49.4 Å². The molecular formula is C17H17N3O3S. The molecule has 1 aromatic heterocycles. The highest BCUT2D eigenvalue weighted by atomic mass is 32.1. The summed E-state index contributed by atoms with van der Waals surface area (Å²) < 4.78 is 11.5. The number of carbonyl (C=O) groups is 1. The maximum absolute atomic E-state index is 12.1. The molecule has 0 spiro atoms. The van der Waals surface area contributed by atoms with Crippen LogP contribution in [0.1, 0.15) is 6.92 Å². The topological polar surface area (TPSA) is 72.5 Å². The zero-order chi connectivity index (χ0) is 16.9. The van der Waals surface area contributed by atoms with E-state index in [9.17, 15) is 4.79 Å². The molecule has 3 rings (SSSR count). The molecule has 24 heavy (non-hydrogen) atoms. The van der Waals surface area contributed by atoms with Crippen LogP contribution >= 0.6 is 11.3 Å². The number of ether oxygens (including phenoxy) is 2. The normalized spacial score (nSPS) is 10.4. The summed E-state index contributed by atoms with van der Waals surface area (Å²) in [6, 6.07) is 12.4. The fraction of sp³-hybridized carbons (Fsp3) is 0.176. The molecule has 3 aromatic rings. The van der Waals surface area contributed by atoms with Gasteiger partial charge in [-0.25, -0.2) is 9.78 Å². The summed E-state index contributed by atoms with van der Waals surface area (Å²) in [5.41, 5.74) is 1.50. The number of nitrogens with one attached hydrogen (secondary N) is 2. The van der Waals surface area contributed by atoms with Gasteiger partial charge < -0.3 is 14.8 Å². The van der Waals surface area contributed by atoms with Crippen molar-refractivity contribution >= 4 is 38.4 Å². The average Bonchev–Trinajstić information content (AvgIpc) is 2.97. The number of amides is 2. The highest BCUT2D eigenvalue weighted by molar-refractivity contribution is 7.22. The lowest BCUT2D eigenvalue weighted by Gasteiger charge is -2.07. The largest absolute Gasteiger partial charge is 0.497 e. The van der Waals surface area contributed by atoms with Crippen LogP contribution in [0.2, 0.25) is 0 Å². The Morgan fingerprint density at radius 2 is 1.88 bits per heavy atom. The first-order valence-electron chi connectivity index (χ1n) is 7.43. The molecule has 124 valence electrons. The Morgan fingerprint density at radius 3 is 2.58 bits per heavy atom. The van der Waals surface area contributed by atoms with Crippen LogP contribution in [0.4, 0.5) is 15.6 Å². The molecule has 0 aliphatic heterocycles. The first kappa shape index (κ1) is 16.1. The zero-order valence-corrected chi connectivity index (χ0v) is 14.1. The Balaban J connectivity index is 1.65. The van der Waals surface area contributed by atoms with Crippen LogP contribution in [0.5, 0.6) is 11.5 Å². The van der Waals surface area contributed by atoms with Crippen molar-refractivity contribution in [3.8, 4) is 11.5 Å². The van der Waals surface area contributed by atoms with Crippen LogP contribution in [0.25, 0.3) is 10.2 Å². The number of nitrogens with zero attached hydrogens (tertiary/aromatic N) is 1. The first-order chi connectivity index (χ1) is 11.7. The molecule has 0 unspecified atom stereocenters. The summed E-state index contributed by atoms with van der Waals surface area (Å²) in [6.45, 7) is 2.53. The second-order valence-electron chi connectivity index (χ2n) is 4.89. The summed E-state index contributed by atoms with van der Waals surface area (Å²) in [4.78, 5) is 16.5. The number of hydrogen-bond acceptors (Lipinski definition) is 5. The summed E-state index contributed by atoms with van der Waals surface area (Å²) in [6.07, 6.45) is 0. The van der Waals surface area contributed by atoms with E-state index < -0.39 is 0 Å². The third-order valence-electron chi connectivity index (χ3n) is 3.24. The van der Waals surface area contributed by atoms with Gasteiger partial charge in [-0.1, -0.05) is 11.3 Å². The smallest absolute Gasteiger partial charge is 0.325 e. The Kier molecular flexibility index (Phi) is 4.81. The summed E-state index contributed by atoms with van der Waals surface area (Å²) >= 11 is 1.39. The van der Waals surface area contributed by atoms with Gasteiger partial charge in [-0.15, -0.1) is 0 Å². The number of rotatable bonds is 5. The van der Waals surface area contributed by atoms with E-state index in [1.54, 1.807) is 19.2 Å². The molecule has 0 aliphatic carbocycles. The maximum atomic E-state index is 12.1. The lowest BCUT2D eigenvalue weighted by molar-refractivity contribution is 0.262. The fourth-order valence-electron chi connectivity index (χ4n) is 2.15. The molecule has 0 aliphatic rings. The van der Waals surface area contributed by atoms with E-state index >= 15 is 0 Å². The van der Waals surface area contributed by atoms with Crippen LogP contribution < -0.4 is 20.1 Å². The van der Waals surface area contributed by atoms with Crippen LogP contribution in [0, 0.1) is 0 Å². The number of anilines is 2. The van der Waals surface area contributed by atoms with E-state index in [1.165, 1.54) is 11.3 Å². The van der Waals surface area contributed by atoms with E-state index in [2.05, 4.69) is 15.6 Å². The van der Waals surface area contributed by atoms with E-state index in [0.717, 1.165) is 21.7 Å². The Morgan fingerprint density at radius 1 is 1.12 bits per heavy atom. The monoisotopic (exact) mass is 343 g/mol. The molecule has 1 heterocycles. The van der Waals surface area contributed by atoms with Gasteiger partial charge in [0.25, 0.3) is 0 Å². The summed E-state index contributed by atoms with van der Waals surface area (Å²) in [7, 11) is 1.62. The van der Waals surface area contributed by atoms with E-state index in [-0.39, 0.29) is 6.03 Å². The molecule has 0 fully saturated rings. The Labute approximate surface area is 143 Å². The molecule has 2 amide bonds. The minimum atomic E-state index is -0.342. The van der Waals surface area contributed by atoms with Crippen molar-refractivity contribution in [2.75, 3.05) is 24.4 Å². The van der Waals surface area contributed by atoms with Crippen molar-refractivity contribution in [1.82, 2.24) is 4.98 Å². The summed E-state index contributed by atoms with van der Waals surface area (Å²) in [5.74, 6) is 1.53. The lowest BCUT2D eigenvalue weighted by Crippen LogP contribution is -2.19. The van der Waals surface area contributed by atoms with E-state index in [0.29, 0.717) is 17.4 Å². The Hall–Kier alpha value is -2.80. The van der Waals surface area contributed by atoms with Gasteiger partial charge in [0, 0.05) is 5.69 Å². The third-order valence-corrected chi connectivity index (χ3v) is 4.17. The number of carbonyl (C=O) groups excluding carboxylic acids is 1. The van der Waals surface area contributed by atoms with Gasteiger partial charge >= 0.3 is 6.03 Å². The van der Waals surface area contributed by atoms with Gasteiger partial charge in [0.1, 0.15) is 11.5 Å². The van der Waals surface area contributed by atoms with Crippen LogP contribution in [0.3, 0.4) is 0 Å². The molecule has 2 aromatic carbocycles. The minimum Gasteiger partial charge on any atom is -0.497 e. The van der Waals surface area contributed by atoms with Crippen molar-refractivity contribution in [2.24, 2.45) is 0 Å². The number of urea groups is 1. The van der Waals surface area contributed by atoms with Gasteiger partial charge in [-0.3, -0.25) is 5.32 Å². The van der Waals surface area contributed by atoms with Crippen molar-refractivity contribution in [1.29, 1.82) is 0 Å².